The highest BCUT2D eigenvalue weighted by Gasteiger charge is 2.20. The molecule has 0 aliphatic carbocycles. The van der Waals surface area contributed by atoms with Crippen LogP contribution in [0, 0.1) is 11.6 Å². The summed E-state index contributed by atoms with van der Waals surface area (Å²) in [7, 11) is -3.79. The van der Waals surface area contributed by atoms with Crippen LogP contribution in [-0.4, -0.2) is 173 Å². The van der Waals surface area contributed by atoms with Gasteiger partial charge in [-0.1, -0.05) is 12.2 Å². The number of carbonyl (C=O) groups excluding carboxylic acids is 2. The number of hydrogen-bond acceptors (Lipinski definition) is 18. The predicted molar refractivity (Wildman–Crippen MR) is 250 cm³/mol. The lowest BCUT2D eigenvalue weighted by Gasteiger charge is -2.16. The number of pyridine rings is 2. The normalized spacial score (nSPS) is 13.0. The molecule has 1 atom stereocenters. The minimum absolute atomic E-state index is 0.00424. The highest BCUT2D eigenvalue weighted by molar-refractivity contribution is 7.90. The molecule has 4 bridgehead atoms. The first-order chi connectivity index (χ1) is 33.4. The first-order valence-electron chi connectivity index (χ1n) is 22.8. The maximum Gasteiger partial charge on any atom is 0.241 e. The number of nitrogens with two attached hydrogens (primary N) is 1. The molecule has 2 aromatic heterocycles. The van der Waals surface area contributed by atoms with Crippen molar-refractivity contribution in [1.82, 2.24) is 20.6 Å². The zero-order chi connectivity index (χ0) is 49.5. The second-order valence-electron chi connectivity index (χ2n) is 15.3. The third-order valence-corrected chi connectivity index (χ3v) is 11.4. The van der Waals surface area contributed by atoms with E-state index in [1.165, 1.54) is 36.4 Å². The maximum absolute atomic E-state index is 15.0. The highest BCUT2D eigenvalue weighted by atomic mass is 32.2. The number of aliphatic hydroxyl groups is 1. The van der Waals surface area contributed by atoms with Crippen LogP contribution in [-0.2, 0) is 58.3 Å². The Hall–Kier alpha value is -4.95. The molecule has 0 saturated heterocycles. The number of nitrogens with zero attached hydrogens (tertiary/aromatic N) is 2. The monoisotopic (exact) mass is 996 g/mol. The molecule has 4 rings (SSSR count). The van der Waals surface area contributed by atoms with E-state index in [0.29, 0.717) is 122 Å². The summed E-state index contributed by atoms with van der Waals surface area (Å²) < 4.78 is 105. The predicted octanol–water partition coefficient (Wildman–Crippen LogP) is 2.64. The molecule has 0 fully saturated rings. The van der Waals surface area contributed by atoms with Crippen LogP contribution in [0.15, 0.2) is 54.7 Å². The van der Waals surface area contributed by atoms with Crippen molar-refractivity contribution >= 4 is 33.3 Å². The molecule has 2 amide bonds. The quantitative estimate of drug-likeness (QED) is 0.0426. The van der Waals surface area contributed by atoms with E-state index in [0.717, 1.165) is 6.20 Å². The van der Waals surface area contributed by atoms with Crippen molar-refractivity contribution in [3.05, 3.63) is 71.9 Å². The van der Waals surface area contributed by atoms with Gasteiger partial charge in [-0.2, -0.15) is 4.98 Å². The van der Waals surface area contributed by atoms with Crippen molar-refractivity contribution in [3.8, 4) is 22.8 Å². The molecule has 0 unspecified atom stereocenters. The van der Waals surface area contributed by atoms with Crippen molar-refractivity contribution in [2.75, 3.05) is 136 Å². The average Bonchev–Trinajstić information content (AvgIpc) is 3.32. The van der Waals surface area contributed by atoms with Crippen molar-refractivity contribution in [2.24, 2.45) is 5.73 Å². The topological polar surface area (TPSA) is 259 Å². The number of aromatic nitrogens is 2. The van der Waals surface area contributed by atoms with Gasteiger partial charge in [-0.05, 0) is 42.7 Å². The van der Waals surface area contributed by atoms with E-state index < -0.39 is 50.8 Å². The van der Waals surface area contributed by atoms with Gasteiger partial charge in [-0.3, -0.25) is 9.59 Å². The van der Waals surface area contributed by atoms with Crippen LogP contribution < -0.4 is 31.2 Å². The van der Waals surface area contributed by atoms with Gasteiger partial charge in [0.2, 0.25) is 17.7 Å². The van der Waals surface area contributed by atoms with Gasteiger partial charge < -0.3 is 69.4 Å². The van der Waals surface area contributed by atoms with Gasteiger partial charge in [-0.25, -0.2) is 22.2 Å². The molecule has 1 aromatic carbocycles. The fraction of sp³-hybridized carbons (Fsp3) is 0.565. The van der Waals surface area contributed by atoms with Gasteiger partial charge >= 0.3 is 0 Å². The summed E-state index contributed by atoms with van der Waals surface area (Å²) in [6, 6.07) is 7.22. The Labute approximate surface area is 401 Å². The van der Waals surface area contributed by atoms with E-state index in [2.05, 4.69) is 32.5 Å². The van der Waals surface area contributed by atoms with E-state index in [9.17, 15) is 26.8 Å². The number of hydrogen-bond donors (Lipinski definition) is 5. The number of anilines is 2. The molecule has 6 N–H and O–H groups in total. The molecule has 0 radical (unpaired) electrons. The van der Waals surface area contributed by atoms with Crippen LogP contribution in [0.4, 0.5) is 20.4 Å². The fourth-order valence-corrected chi connectivity index (χ4v) is 7.59. The standard InChI is InChI=1S/C46H66F2N6O14S/c1-34(45(49)46(57)51-9-13-60-15-17-62-19-21-64-23-25-66-26-24-65-22-20-63-18-16-61-14-10-55)4-2-8-50-43(56)7-27-69(58,59)33-35-28-42-53-41-31-38(39(48)32-52-41)37-6-5-36(47)30-40(37)67-11-3-12-68-44(29-35)54-42/h5-6,28-32,45,55H,1-4,7-27,33,49H2,(H,50,56)(H,51,57)(H,52,53,54)/t45-/m0/s1. The molecule has 3 heterocycles. The SMILES string of the molecule is C=C(CCCNC(=O)CCS(=O)(=O)Cc1cc2nc(c1)OCCCOc1cc(F)ccc1-c1cc(ncc1F)N2)[C@H](N)C(=O)NCCOCCOCCOCCOCCOCCOCCOCCO. The number of rotatable bonds is 34. The Kier molecular flexibility index (Phi) is 26.9. The van der Waals surface area contributed by atoms with Gasteiger partial charge in [0.05, 0.1) is 130 Å². The third kappa shape index (κ3) is 23.5. The Morgan fingerprint density at radius 1 is 0.768 bits per heavy atom. The second kappa shape index (κ2) is 32.8. The van der Waals surface area contributed by atoms with Crippen LogP contribution in [0.1, 0.15) is 31.2 Å². The fourth-order valence-electron chi connectivity index (χ4n) is 6.27. The minimum atomic E-state index is -3.79. The number of benzene rings is 1. The number of ether oxygens (including phenoxy) is 9. The van der Waals surface area contributed by atoms with Crippen LogP contribution in [0.25, 0.3) is 11.1 Å². The third-order valence-electron chi connectivity index (χ3n) is 9.76. The lowest BCUT2D eigenvalue weighted by Crippen LogP contribution is -2.43. The molecule has 69 heavy (non-hydrogen) atoms. The molecular weight excluding hydrogens is 931 g/mol. The Balaban J connectivity index is 1.02. The van der Waals surface area contributed by atoms with Crippen LogP contribution in [0.3, 0.4) is 0 Å². The summed E-state index contributed by atoms with van der Waals surface area (Å²) in [5.41, 5.74) is 7.30. The number of sulfone groups is 1. The number of halogens is 2. The zero-order valence-corrected chi connectivity index (χ0v) is 39.7. The molecule has 0 spiro atoms. The highest BCUT2D eigenvalue weighted by Crippen LogP contribution is 2.34. The number of nitrogens with one attached hydrogen (secondary N) is 3. The molecule has 0 saturated carbocycles. The van der Waals surface area contributed by atoms with Gasteiger partial charge in [0, 0.05) is 49.2 Å². The van der Waals surface area contributed by atoms with Gasteiger partial charge in [0.1, 0.15) is 35.1 Å². The smallest absolute Gasteiger partial charge is 0.241 e. The lowest BCUT2D eigenvalue weighted by molar-refractivity contribution is -0.122. The van der Waals surface area contributed by atoms with Crippen molar-refractivity contribution in [2.45, 2.75) is 37.5 Å². The van der Waals surface area contributed by atoms with Gasteiger partial charge in [-0.15, -0.1) is 0 Å². The van der Waals surface area contributed by atoms with E-state index in [4.69, 9.17) is 53.5 Å². The van der Waals surface area contributed by atoms with Gasteiger partial charge in [0.15, 0.2) is 9.84 Å². The summed E-state index contributed by atoms with van der Waals surface area (Å²) in [6.07, 6.45) is 1.85. The number of carbonyl (C=O) groups is 2. The van der Waals surface area contributed by atoms with E-state index in [-0.39, 0.29) is 74.8 Å². The molecule has 23 heteroatoms. The minimum Gasteiger partial charge on any atom is -0.493 e. The van der Waals surface area contributed by atoms with Crippen LogP contribution >= 0.6 is 0 Å². The first kappa shape index (κ1) is 56.6. The Bertz CT molecular complexity index is 2130. The summed E-state index contributed by atoms with van der Waals surface area (Å²) in [4.78, 5) is 33.6. The van der Waals surface area contributed by atoms with Crippen LogP contribution in [0.2, 0.25) is 0 Å². The zero-order valence-electron chi connectivity index (χ0n) is 38.9. The Morgan fingerprint density at radius 3 is 2.01 bits per heavy atom. The average molecular weight is 997 g/mol. The van der Waals surface area contributed by atoms with Crippen molar-refractivity contribution in [3.63, 3.8) is 0 Å². The van der Waals surface area contributed by atoms with Gasteiger partial charge in [0.25, 0.3) is 0 Å². The number of fused-ring (bicyclic) bond motifs is 6. The van der Waals surface area contributed by atoms with Crippen molar-refractivity contribution in [1.29, 1.82) is 0 Å². The molecule has 1 aliphatic rings. The molecule has 3 aromatic rings. The summed E-state index contributed by atoms with van der Waals surface area (Å²) in [6.45, 7) is 10.2. The largest absolute Gasteiger partial charge is 0.493 e. The van der Waals surface area contributed by atoms with E-state index in [1.807, 2.05) is 0 Å². The molecule has 384 valence electrons. The summed E-state index contributed by atoms with van der Waals surface area (Å²) in [5, 5.41) is 17.0. The Morgan fingerprint density at radius 2 is 1.38 bits per heavy atom. The second-order valence-corrected chi connectivity index (χ2v) is 17.5. The van der Waals surface area contributed by atoms with Crippen LogP contribution in [0.5, 0.6) is 11.6 Å². The summed E-state index contributed by atoms with van der Waals surface area (Å²) in [5.74, 6) is -2.29. The van der Waals surface area contributed by atoms with Crippen molar-refractivity contribution < 1.29 is 74.5 Å². The lowest BCUT2D eigenvalue weighted by atomic mass is 10.0. The maximum atomic E-state index is 15.0. The molecule has 20 nitrogen and oxygen atoms in total. The summed E-state index contributed by atoms with van der Waals surface area (Å²) >= 11 is 0. The molecule has 1 aliphatic heterocycles. The number of aliphatic hydroxyl groups excluding tert-OH is 1. The van der Waals surface area contributed by atoms with E-state index >= 15 is 0 Å². The number of amides is 2. The van der Waals surface area contributed by atoms with E-state index in [1.54, 1.807) is 0 Å². The molecular formula is C46H66F2N6O14S. The first-order valence-corrected chi connectivity index (χ1v) is 24.6.